The molecular formula is C18H26N2O4. The van der Waals surface area contributed by atoms with Gasteiger partial charge in [-0.3, -0.25) is 9.59 Å². The Morgan fingerprint density at radius 2 is 2.00 bits per heavy atom. The molecule has 6 heteroatoms. The lowest BCUT2D eigenvalue weighted by Gasteiger charge is -2.26. The summed E-state index contributed by atoms with van der Waals surface area (Å²) in [6.07, 6.45) is 9.35. The van der Waals surface area contributed by atoms with Crippen molar-refractivity contribution in [2.45, 2.75) is 50.5 Å². The van der Waals surface area contributed by atoms with Gasteiger partial charge >= 0.3 is 5.97 Å². The molecule has 0 aromatic rings. The Bertz CT molecular complexity index is 573. The van der Waals surface area contributed by atoms with E-state index in [-0.39, 0.29) is 23.7 Å². The summed E-state index contributed by atoms with van der Waals surface area (Å²) >= 11 is 0. The van der Waals surface area contributed by atoms with Crippen LogP contribution in [0.4, 0.5) is 0 Å². The molecule has 0 radical (unpaired) electrons. The normalized spacial score (nSPS) is 38.5. The molecule has 3 rings (SSSR count). The van der Waals surface area contributed by atoms with Crippen molar-refractivity contribution in [1.82, 2.24) is 10.2 Å². The summed E-state index contributed by atoms with van der Waals surface area (Å²) < 4.78 is 0. The number of aliphatic carboxylic acids is 1. The van der Waals surface area contributed by atoms with Crippen LogP contribution in [0.15, 0.2) is 12.2 Å². The first-order chi connectivity index (χ1) is 11.5. The topological polar surface area (TPSA) is 86.7 Å². The summed E-state index contributed by atoms with van der Waals surface area (Å²) in [6, 6.07) is 0. The Labute approximate surface area is 142 Å². The molecule has 2 amide bonds. The standard InChI is InChI=1S/C18H26N2O4/c1-20-10-5-3-2-4-7-12-11-18(12,17(23)24)19-15(21)13-8-6-9-14(13)16(20)22/h4,7,12-14H,2-3,5-6,8-11H2,1H3,(H,19,21)(H,23,24)/b7-4-/t12?,13?,14?,18-/m1/s1. The van der Waals surface area contributed by atoms with Crippen LogP contribution in [0, 0.1) is 17.8 Å². The number of hydrogen-bond acceptors (Lipinski definition) is 3. The third-order valence-electron chi connectivity index (χ3n) is 5.77. The molecule has 3 aliphatic rings. The third-order valence-corrected chi connectivity index (χ3v) is 5.77. The smallest absolute Gasteiger partial charge is 0.330 e. The number of carbonyl (C=O) groups is 3. The van der Waals surface area contributed by atoms with E-state index < -0.39 is 17.4 Å². The number of amides is 2. The second-order valence-corrected chi connectivity index (χ2v) is 7.40. The number of carboxylic acids is 1. The van der Waals surface area contributed by atoms with Crippen LogP contribution in [0.25, 0.3) is 0 Å². The molecule has 1 heterocycles. The van der Waals surface area contributed by atoms with E-state index in [1.807, 2.05) is 12.2 Å². The summed E-state index contributed by atoms with van der Waals surface area (Å²) in [5, 5.41) is 12.3. The van der Waals surface area contributed by atoms with Crippen molar-refractivity contribution in [3.8, 4) is 0 Å². The van der Waals surface area contributed by atoms with Crippen molar-refractivity contribution in [1.29, 1.82) is 0 Å². The molecule has 24 heavy (non-hydrogen) atoms. The fourth-order valence-corrected chi connectivity index (χ4v) is 4.11. The Kier molecular flexibility index (Phi) is 4.65. The first-order valence-corrected chi connectivity index (χ1v) is 8.93. The molecule has 2 saturated carbocycles. The fraction of sp³-hybridized carbons (Fsp3) is 0.722. The van der Waals surface area contributed by atoms with Crippen LogP contribution in [0.5, 0.6) is 0 Å². The van der Waals surface area contributed by atoms with Crippen LogP contribution >= 0.6 is 0 Å². The maximum absolute atomic E-state index is 12.7. The SMILES string of the molecule is CN1CCCC/C=C\C2C[C@@]2(C(=O)O)NC(=O)C2CCCC2C1=O. The van der Waals surface area contributed by atoms with Crippen molar-refractivity contribution < 1.29 is 19.5 Å². The summed E-state index contributed by atoms with van der Waals surface area (Å²) in [4.78, 5) is 38.8. The van der Waals surface area contributed by atoms with Crippen molar-refractivity contribution in [3.63, 3.8) is 0 Å². The van der Waals surface area contributed by atoms with Crippen molar-refractivity contribution in [2.75, 3.05) is 13.6 Å². The second-order valence-electron chi connectivity index (χ2n) is 7.40. The Morgan fingerprint density at radius 3 is 2.75 bits per heavy atom. The quantitative estimate of drug-likeness (QED) is 0.713. The minimum Gasteiger partial charge on any atom is -0.479 e. The number of rotatable bonds is 1. The van der Waals surface area contributed by atoms with Crippen LogP contribution in [0.3, 0.4) is 0 Å². The van der Waals surface area contributed by atoms with Gasteiger partial charge in [0.15, 0.2) is 0 Å². The van der Waals surface area contributed by atoms with Crippen molar-refractivity contribution >= 4 is 17.8 Å². The van der Waals surface area contributed by atoms with Gasteiger partial charge in [-0.15, -0.1) is 0 Å². The maximum atomic E-state index is 12.7. The van der Waals surface area contributed by atoms with Gasteiger partial charge in [-0.1, -0.05) is 18.6 Å². The van der Waals surface area contributed by atoms with Gasteiger partial charge in [-0.2, -0.15) is 0 Å². The molecule has 0 saturated heterocycles. The van der Waals surface area contributed by atoms with Gasteiger partial charge in [0, 0.05) is 31.3 Å². The number of nitrogens with zero attached hydrogens (tertiary/aromatic N) is 1. The Balaban J connectivity index is 1.82. The highest BCUT2D eigenvalue weighted by molar-refractivity contribution is 5.94. The zero-order chi connectivity index (χ0) is 17.3. The van der Waals surface area contributed by atoms with Crippen LogP contribution in [0.1, 0.15) is 44.9 Å². The molecule has 0 spiro atoms. The highest BCUT2D eigenvalue weighted by Crippen LogP contribution is 2.46. The zero-order valence-corrected chi connectivity index (χ0v) is 14.2. The first-order valence-electron chi connectivity index (χ1n) is 8.93. The average Bonchev–Trinajstić information content (AvgIpc) is 3.03. The van der Waals surface area contributed by atoms with Gasteiger partial charge in [0.05, 0.1) is 0 Å². The van der Waals surface area contributed by atoms with E-state index in [1.54, 1.807) is 11.9 Å². The van der Waals surface area contributed by atoms with E-state index in [4.69, 9.17) is 0 Å². The van der Waals surface area contributed by atoms with Crippen LogP contribution < -0.4 is 5.32 Å². The highest BCUT2D eigenvalue weighted by atomic mass is 16.4. The van der Waals surface area contributed by atoms with E-state index >= 15 is 0 Å². The largest absolute Gasteiger partial charge is 0.479 e. The molecule has 0 aromatic carbocycles. The number of nitrogens with one attached hydrogen (secondary N) is 1. The van der Waals surface area contributed by atoms with Crippen LogP contribution in [-0.2, 0) is 14.4 Å². The van der Waals surface area contributed by atoms with Crippen LogP contribution in [0.2, 0.25) is 0 Å². The van der Waals surface area contributed by atoms with Gasteiger partial charge < -0.3 is 15.3 Å². The molecule has 0 bridgehead atoms. The fourth-order valence-electron chi connectivity index (χ4n) is 4.11. The predicted molar refractivity (Wildman–Crippen MR) is 88.1 cm³/mol. The van der Waals surface area contributed by atoms with E-state index in [0.717, 1.165) is 25.7 Å². The minimum absolute atomic E-state index is 0.0250. The molecule has 1 aliphatic heterocycles. The lowest BCUT2D eigenvalue weighted by atomic mass is 9.93. The van der Waals surface area contributed by atoms with Crippen molar-refractivity contribution in [3.05, 3.63) is 12.2 Å². The molecule has 132 valence electrons. The third kappa shape index (κ3) is 3.06. The monoisotopic (exact) mass is 334 g/mol. The summed E-state index contributed by atoms with van der Waals surface area (Å²) in [6.45, 7) is 0.708. The Hall–Kier alpha value is -1.85. The maximum Gasteiger partial charge on any atom is 0.330 e. The molecule has 2 fully saturated rings. The second kappa shape index (κ2) is 6.57. The van der Waals surface area contributed by atoms with Crippen LogP contribution in [-0.4, -0.2) is 46.9 Å². The van der Waals surface area contributed by atoms with Gasteiger partial charge in [0.1, 0.15) is 5.54 Å². The predicted octanol–water partition coefficient (Wildman–Crippen LogP) is 1.56. The van der Waals surface area contributed by atoms with Gasteiger partial charge in [0.2, 0.25) is 11.8 Å². The number of carboxylic acid groups (broad SMARTS) is 1. The van der Waals surface area contributed by atoms with E-state index in [1.165, 1.54) is 0 Å². The molecular weight excluding hydrogens is 308 g/mol. The lowest BCUT2D eigenvalue weighted by Crippen LogP contribution is -2.49. The van der Waals surface area contributed by atoms with Gasteiger partial charge in [-0.05, 0) is 38.5 Å². The lowest BCUT2D eigenvalue weighted by molar-refractivity contribution is -0.145. The molecule has 0 aromatic heterocycles. The number of fused-ring (bicyclic) bond motifs is 2. The van der Waals surface area contributed by atoms with E-state index in [9.17, 15) is 19.5 Å². The minimum atomic E-state index is -1.17. The van der Waals surface area contributed by atoms with Crippen molar-refractivity contribution in [2.24, 2.45) is 17.8 Å². The Morgan fingerprint density at radius 1 is 1.25 bits per heavy atom. The van der Waals surface area contributed by atoms with Gasteiger partial charge in [-0.25, -0.2) is 4.79 Å². The summed E-state index contributed by atoms with van der Waals surface area (Å²) in [5.74, 6) is -2.07. The molecule has 4 atom stereocenters. The van der Waals surface area contributed by atoms with E-state index in [0.29, 0.717) is 25.8 Å². The number of hydrogen-bond donors (Lipinski definition) is 2. The molecule has 2 aliphatic carbocycles. The molecule has 2 N–H and O–H groups in total. The summed E-state index contributed by atoms with van der Waals surface area (Å²) in [7, 11) is 1.80. The molecule has 6 nitrogen and oxygen atoms in total. The molecule has 3 unspecified atom stereocenters. The first kappa shape index (κ1) is 17.0. The van der Waals surface area contributed by atoms with E-state index in [2.05, 4.69) is 5.32 Å². The number of carbonyl (C=O) groups excluding carboxylic acids is 2. The zero-order valence-electron chi connectivity index (χ0n) is 14.2. The average molecular weight is 334 g/mol. The number of allylic oxidation sites excluding steroid dienone is 1. The highest BCUT2D eigenvalue weighted by Gasteiger charge is 2.61. The summed E-state index contributed by atoms with van der Waals surface area (Å²) in [5.41, 5.74) is -1.17. The van der Waals surface area contributed by atoms with Gasteiger partial charge in [0.25, 0.3) is 0 Å².